The van der Waals surface area contributed by atoms with Crippen LogP contribution in [0.2, 0.25) is 10.0 Å². The third-order valence-electron chi connectivity index (χ3n) is 3.04. The van der Waals surface area contributed by atoms with Crippen LogP contribution in [0.15, 0.2) is 12.1 Å². The molecule has 0 aliphatic rings. The van der Waals surface area contributed by atoms with Gasteiger partial charge in [-0.15, -0.1) is 0 Å². The Labute approximate surface area is 147 Å². The van der Waals surface area contributed by atoms with Crippen molar-refractivity contribution in [1.82, 2.24) is 10.2 Å². The molecule has 0 saturated heterocycles. The SMILES string of the molecule is CC(CN(C)C(=O)NCc1cc(Cl)cc(Cl)c1OC(F)F)C(=O)O. The fourth-order valence-corrected chi connectivity index (χ4v) is 2.42. The minimum absolute atomic E-state index is 0.0160. The predicted octanol–water partition coefficient (Wildman–Crippen LogP) is 3.46. The molecule has 0 aliphatic carbocycles. The van der Waals surface area contributed by atoms with E-state index in [0.717, 1.165) is 0 Å². The molecule has 1 aromatic carbocycles. The molecule has 6 nitrogen and oxygen atoms in total. The molecule has 0 bridgehead atoms. The van der Waals surface area contributed by atoms with Gasteiger partial charge in [-0.3, -0.25) is 4.79 Å². The number of halogens is 4. The number of benzene rings is 1. The third-order valence-corrected chi connectivity index (χ3v) is 3.54. The Morgan fingerprint density at radius 1 is 1.38 bits per heavy atom. The molecule has 0 aromatic heterocycles. The molecule has 2 N–H and O–H groups in total. The van der Waals surface area contributed by atoms with Crippen molar-refractivity contribution >= 4 is 35.2 Å². The van der Waals surface area contributed by atoms with Crippen LogP contribution in [0, 0.1) is 5.92 Å². The molecule has 24 heavy (non-hydrogen) atoms. The highest BCUT2D eigenvalue weighted by molar-refractivity contribution is 6.35. The van der Waals surface area contributed by atoms with Gasteiger partial charge in [-0.2, -0.15) is 8.78 Å². The van der Waals surface area contributed by atoms with E-state index in [4.69, 9.17) is 28.3 Å². The van der Waals surface area contributed by atoms with Gasteiger partial charge in [0, 0.05) is 30.7 Å². The van der Waals surface area contributed by atoms with E-state index in [9.17, 15) is 18.4 Å². The molecule has 1 unspecified atom stereocenters. The third kappa shape index (κ3) is 6.01. The first kappa shape index (κ1) is 20.2. The largest absolute Gasteiger partial charge is 0.481 e. The van der Waals surface area contributed by atoms with Crippen molar-refractivity contribution in [2.24, 2.45) is 5.92 Å². The monoisotopic (exact) mass is 384 g/mol. The second kappa shape index (κ2) is 8.89. The van der Waals surface area contributed by atoms with Gasteiger partial charge in [-0.25, -0.2) is 4.79 Å². The van der Waals surface area contributed by atoms with Crippen LogP contribution in [0.1, 0.15) is 12.5 Å². The number of carbonyl (C=O) groups is 2. The number of hydrogen-bond acceptors (Lipinski definition) is 3. The Morgan fingerprint density at radius 3 is 2.54 bits per heavy atom. The zero-order chi connectivity index (χ0) is 18.4. The highest BCUT2D eigenvalue weighted by Crippen LogP contribution is 2.33. The number of ether oxygens (including phenoxy) is 1. The van der Waals surface area contributed by atoms with Crippen molar-refractivity contribution in [3.05, 3.63) is 27.7 Å². The first-order valence-electron chi connectivity index (χ1n) is 6.76. The van der Waals surface area contributed by atoms with Crippen molar-refractivity contribution < 1.29 is 28.2 Å². The number of nitrogens with one attached hydrogen (secondary N) is 1. The van der Waals surface area contributed by atoms with Crippen molar-refractivity contribution in [3.63, 3.8) is 0 Å². The number of rotatable bonds is 7. The summed E-state index contributed by atoms with van der Waals surface area (Å²) in [4.78, 5) is 23.9. The van der Waals surface area contributed by atoms with Gasteiger partial charge in [0.1, 0.15) is 5.75 Å². The summed E-state index contributed by atoms with van der Waals surface area (Å²) in [7, 11) is 1.41. The Balaban J connectivity index is 2.79. The molecule has 0 radical (unpaired) electrons. The van der Waals surface area contributed by atoms with Crippen molar-refractivity contribution in [2.75, 3.05) is 13.6 Å². The summed E-state index contributed by atoms with van der Waals surface area (Å²) in [6.07, 6.45) is 0. The zero-order valence-electron chi connectivity index (χ0n) is 12.9. The van der Waals surface area contributed by atoms with E-state index < -0.39 is 24.5 Å². The Bertz CT molecular complexity index is 617. The fraction of sp³-hybridized carbons (Fsp3) is 0.429. The predicted molar refractivity (Wildman–Crippen MR) is 84.8 cm³/mol. The van der Waals surface area contributed by atoms with E-state index in [1.165, 1.54) is 31.0 Å². The number of amides is 2. The Morgan fingerprint density at radius 2 is 2.00 bits per heavy atom. The lowest BCUT2D eigenvalue weighted by Gasteiger charge is -2.20. The van der Waals surface area contributed by atoms with Crippen LogP contribution in [0.5, 0.6) is 5.75 Å². The number of carboxylic acid groups (broad SMARTS) is 1. The van der Waals surface area contributed by atoms with Gasteiger partial charge in [-0.05, 0) is 12.1 Å². The molecular weight excluding hydrogens is 369 g/mol. The number of carboxylic acids is 1. The molecule has 1 rings (SSSR count). The normalized spacial score (nSPS) is 12.0. The van der Waals surface area contributed by atoms with E-state index in [0.29, 0.717) is 0 Å². The number of hydrogen-bond donors (Lipinski definition) is 2. The van der Waals surface area contributed by atoms with E-state index >= 15 is 0 Å². The molecule has 0 heterocycles. The molecule has 1 atom stereocenters. The molecule has 10 heteroatoms. The number of carbonyl (C=O) groups excluding carboxylic acids is 1. The standard InChI is InChI=1S/C14H16Cl2F2N2O4/c1-7(12(21)22)6-20(2)14(23)19-5-8-3-9(15)4-10(16)11(8)24-13(17)18/h3-4,7,13H,5-6H2,1-2H3,(H,19,23)(H,21,22). The summed E-state index contributed by atoms with van der Waals surface area (Å²) in [6, 6.07) is 2.00. The molecular formula is C14H16Cl2F2N2O4. The van der Waals surface area contributed by atoms with E-state index in [2.05, 4.69) is 10.1 Å². The van der Waals surface area contributed by atoms with Gasteiger partial charge in [0.05, 0.1) is 10.9 Å². The first-order valence-corrected chi connectivity index (χ1v) is 7.52. The maximum atomic E-state index is 12.5. The van der Waals surface area contributed by atoms with Gasteiger partial charge in [-0.1, -0.05) is 30.1 Å². The summed E-state index contributed by atoms with van der Waals surface area (Å²) in [5, 5.41) is 11.4. The maximum Gasteiger partial charge on any atom is 0.387 e. The lowest BCUT2D eigenvalue weighted by molar-refractivity contribution is -0.141. The average molecular weight is 385 g/mol. The van der Waals surface area contributed by atoms with Crippen molar-refractivity contribution in [2.45, 2.75) is 20.1 Å². The van der Waals surface area contributed by atoms with Crippen LogP contribution in [-0.2, 0) is 11.3 Å². The highest BCUT2D eigenvalue weighted by atomic mass is 35.5. The van der Waals surface area contributed by atoms with Crippen LogP contribution in [-0.4, -0.2) is 42.2 Å². The second-order valence-corrected chi connectivity index (χ2v) is 5.88. The summed E-state index contributed by atoms with van der Waals surface area (Å²) < 4.78 is 29.3. The van der Waals surface area contributed by atoms with Gasteiger partial charge >= 0.3 is 18.6 Å². The van der Waals surface area contributed by atoms with E-state index in [1.54, 1.807) is 0 Å². The Kier molecular flexibility index (Phi) is 7.50. The summed E-state index contributed by atoms with van der Waals surface area (Å²) in [6.45, 7) is -1.82. The van der Waals surface area contributed by atoms with Gasteiger partial charge in [0.25, 0.3) is 0 Å². The lowest BCUT2D eigenvalue weighted by atomic mass is 10.2. The van der Waals surface area contributed by atoms with Gasteiger partial charge < -0.3 is 20.1 Å². The zero-order valence-corrected chi connectivity index (χ0v) is 14.4. The van der Waals surface area contributed by atoms with Crippen molar-refractivity contribution in [1.29, 1.82) is 0 Å². The molecule has 0 saturated carbocycles. The van der Waals surface area contributed by atoms with Gasteiger partial charge in [0.15, 0.2) is 0 Å². The Hall–Kier alpha value is -1.80. The fourth-order valence-electron chi connectivity index (χ4n) is 1.84. The summed E-state index contributed by atoms with van der Waals surface area (Å²) in [5.41, 5.74) is 0.167. The van der Waals surface area contributed by atoms with Crippen LogP contribution in [0.3, 0.4) is 0 Å². The summed E-state index contributed by atoms with van der Waals surface area (Å²) >= 11 is 11.7. The quantitative estimate of drug-likeness (QED) is 0.754. The van der Waals surface area contributed by atoms with Crippen LogP contribution in [0.25, 0.3) is 0 Å². The van der Waals surface area contributed by atoms with E-state index in [-0.39, 0.29) is 34.4 Å². The number of aliphatic carboxylic acids is 1. The topological polar surface area (TPSA) is 78.9 Å². The molecule has 0 fully saturated rings. The average Bonchev–Trinajstić information content (AvgIpc) is 2.47. The summed E-state index contributed by atoms with van der Waals surface area (Å²) in [5.74, 6) is -2.07. The number of nitrogens with zero attached hydrogens (tertiary/aromatic N) is 1. The minimum Gasteiger partial charge on any atom is -0.481 e. The molecule has 134 valence electrons. The van der Waals surface area contributed by atoms with Crippen LogP contribution in [0.4, 0.5) is 13.6 Å². The van der Waals surface area contributed by atoms with Crippen LogP contribution >= 0.6 is 23.2 Å². The minimum atomic E-state index is -3.09. The van der Waals surface area contributed by atoms with Gasteiger partial charge in [0.2, 0.25) is 0 Å². The lowest BCUT2D eigenvalue weighted by Crippen LogP contribution is -2.40. The molecule has 0 aliphatic heterocycles. The smallest absolute Gasteiger partial charge is 0.387 e. The maximum absolute atomic E-state index is 12.5. The number of alkyl halides is 2. The van der Waals surface area contributed by atoms with Crippen LogP contribution < -0.4 is 10.1 Å². The highest BCUT2D eigenvalue weighted by Gasteiger charge is 2.19. The molecule has 2 amide bonds. The number of urea groups is 1. The first-order chi connectivity index (χ1) is 11.1. The molecule has 0 spiro atoms. The second-order valence-electron chi connectivity index (χ2n) is 5.03. The van der Waals surface area contributed by atoms with E-state index in [1.807, 2.05) is 0 Å². The molecule has 1 aromatic rings. The van der Waals surface area contributed by atoms with Crippen molar-refractivity contribution in [3.8, 4) is 5.75 Å².